The van der Waals surface area contributed by atoms with E-state index in [1.807, 2.05) is 20.8 Å². The van der Waals surface area contributed by atoms with Crippen molar-refractivity contribution in [1.82, 2.24) is 15.8 Å². The Morgan fingerprint density at radius 1 is 1.10 bits per heavy atom. The number of Topliss-reactive ketones (excluding diaryl/α,β-unsaturated/α-hetero) is 1. The SMILES string of the molecule is CC(C)(C)CC(NC(=O)C1CCCCC1)C(=O)C(=O)NN1C(=O)CC(C)(C)C1=O. The first-order valence-corrected chi connectivity index (χ1v) is 10.3. The maximum Gasteiger partial charge on any atom is 0.308 e. The van der Waals surface area contributed by atoms with E-state index in [1.165, 1.54) is 0 Å². The molecule has 0 aromatic rings. The number of imide groups is 1. The van der Waals surface area contributed by atoms with Crippen molar-refractivity contribution in [3.8, 4) is 0 Å². The maximum absolute atomic E-state index is 12.8. The van der Waals surface area contributed by atoms with E-state index < -0.39 is 35.0 Å². The molecular weight excluding hydrogens is 374 g/mol. The molecule has 0 aromatic heterocycles. The highest BCUT2D eigenvalue weighted by atomic mass is 16.2. The van der Waals surface area contributed by atoms with Crippen LogP contribution in [0.15, 0.2) is 0 Å². The van der Waals surface area contributed by atoms with Gasteiger partial charge in [-0.05, 0) is 24.7 Å². The number of nitrogens with one attached hydrogen (secondary N) is 2. The molecule has 2 N–H and O–H groups in total. The Bertz CT molecular complexity index is 702. The van der Waals surface area contributed by atoms with Crippen LogP contribution in [-0.2, 0) is 24.0 Å². The summed E-state index contributed by atoms with van der Waals surface area (Å²) in [5.41, 5.74) is 0.906. The number of carbonyl (C=O) groups is 5. The fourth-order valence-electron chi connectivity index (χ4n) is 3.85. The van der Waals surface area contributed by atoms with Gasteiger partial charge in [-0.25, -0.2) is 0 Å². The Labute approximate surface area is 172 Å². The molecule has 1 saturated heterocycles. The molecule has 8 nitrogen and oxygen atoms in total. The second-order valence-electron chi connectivity index (χ2n) is 10.1. The number of hydrogen-bond acceptors (Lipinski definition) is 5. The summed E-state index contributed by atoms with van der Waals surface area (Å²) in [6.45, 7) is 8.94. The summed E-state index contributed by atoms with van der Waals surface area (Å²) in [6.07, 6.45) is 4.84. The normalized spacial score (nSPS) is 21.1. The predicted octanol–water partition coefficient (Wildman–Crippen LogP) is 1.87. The van der Waals surface area contributed by atoms with Crippen LogP contribution in [0.1, 0.15) is 79.6 Å². The van der Waals surface area contributed by atoms with Crippen LogP contribution >= 0.6 is 0 Å². The summed E-state index contributed by atoms with van der Waals surface area (Å²) < 4.78 is 0. The van der Waals surface area contributed by atoms with Gasteiger partial charge >= 0.3 is 5.91 Å². The van der Waals surface area contributed by atoms with Crippen LogP contribution < -0.4 is 10.7 Å². The zero-order chi connectivity index (χ0) is 22.0. The van der Waals surface area contributed by atoms with E-state index in [2.05, 4.69) is 10.7 Å². The lowest BCUT2D eigenvalue weighted by atomic mass is 9.85. The summed E-state index contributed by atoms with van der Waals surface area (Å²) in [4.78, 5) is 62.3. The summed E-state index contributed by atoms with van der Waals surface area (Å²) >= 11 is 0. The quantitative estimate of drug-likeness (QED) is 0.516. The largest absolute Gasteiger partial charge is 0.345 e. The lowest BCUT2D eigenvalue weighted by Crippen LogP contribution is -2.55. The fourth-order valence-corrected chi connectivity index (χ4v) is 3.85. The molecule has 0 aromatic carbocycles. The van der Waals surface area contributed by atoms with Crippen LogP contribution in [0.25, 0.3) is 0 Å². The maximum atomic E-state index is 12.8. The van der Waals surface area contributed by atoms with Gasteiger partial charge in [0.15, 0.2) is 0 Å². The van der Waals surface area contributed by atoms with E-state index in [-0.39, 0.29) is 30.1 Å². The Hall–Kier alpha value is -2.25. The number of rotatable bonds is 6. The van der Waals surface area contributed by atoms with E-state index in [9.17, 15) is 24.0 Å². The lowest BCUT2D eigenvalue weighted by molar-refractivity contribution is -0.153. The molecule has 1 aliphatic heterocycles. The molecule has 29 heavy (non-hydrogen) atoms. The second kappa shape index (κ2) is 8.63. The number of hydrogen-bond donors (Lipinski definition) is 2. The van der Waals surface area contributed by atoms with Gasteiger partial charge in [-0.1, -0.05) is 53.9 Å². The van der Waals surface area contributed by atoms with Crippen molar-refractivity contribution in [1.29, 1.82) is 0 Å². The zero-order valence-electron chi connectivity index (χ0n) is 18.1. The van der Waals surface area contributed by atoms with Gasteiger partial charge in [0.05, 0.1) is 11.5 Å². The van der Waals surface area contributed by atoms with E-state index >= 15 is 0 Å². The van der Waals surface area contributed by atoms with Gasteiger partial charge in [-0.2, -0.15) is 5.01 Å². The molecule has 1 unspecified atom stereocenters. The molecule has 162 valence electrons. The molecule has 0 spiro atoms. The van der Waals surface area contributed by atoms with Crippen molar-refractivity contribution in [2.24, 2.45) is 16.7 Å². The van der Waals surface area contributed by atoms with Crippen molar-refractivity contribution >= 4 is 29.4 Å². The smallest absolute Gasteiger partial charge is 0.308 e. The third kappa shape index (κ3) is 5.87. The van der Waals surface area contributed by atoms with E-state index in [1.54, 1.807) is 13.8 Å². The third-order valence-electron chi connectivity index (χ3n) is 5.49. The van der Waals surface area contributed by atoms with Crippen LogP contribution in [0.4, 0.5) is 0 Å². The highest BCUT2D eigenvalue weighted by molar-refractivity contribution is 6.38. The summed E-state index contributed by atoms with van der Waals surface area (Å²) in [6, 6.07) is -1.01. The summed E-state index contributed by atoms with van der Waals surface area (Å²) in [5.74, 6) is -3.39. The molecule has 0 radical (unpaired) electrons. The molecule has 8 heteroatoms. The third-order valence-corrected chi connectivity index (χ3v) is 5.49. The van der Waals surface area contributed by atoms with E-state index in [0.717, 1.165) is 32.1 Å². The second-order valence-corrected chi connectivity index (χ2v) is 10.1. The number of amides is 4. The molecular formula is C21H33N3O5. The zero-order valence-corrected chi connectivity index (χ0v) is 18.1. The minimum Gasteiger partial charge on any atom is -0.345 e. The Kier molecular flexibility index (Phi) is 6.86. The fraction of sp³-hybridized carbons (Fsp3) is 0.762. The number of carbonyl (C=O) groups excluding carboxylic acids is 5. The first-order chi connectivity index (χ1) is 13.3. The van der Waals surface area contributed by atoms with Crippen molar-refractivity contribution in [2.45, 2.75) is 85.6 Å². The Morgan fingerprint density at radius 2 is 1.69 bits per heavy atom. The van der Waals surface area contributed by atoms with Crippen LogP contribution in [-0.4, -0.2) is 40.5 Å². The molecule has 2 fully saturated rings. The minimum atomic E-state index is -1.07. The molecule has 0 bridgehead atoms. The lowest BCUT2D eigenvalue weighted by Gasteiger charge is -2.28. The van der Waals surface area contributed by atoms with Crippen LogP contribution in [0.2, 0.25) is 0 Å². The van der Waals surface area contributed by atoms with Crippen molar-refractivity contribution in [3.05, 3.63) is 0 Å². The molecule has 1 saturated carbocycles. The molecule has 2 rings (SSSR count). The summed E-state index contributed by atoms with van der Waals surface area (Å²) in [5, 5.41) is 3.37. The Morgan fingerprint density at radius 3 is 2.17 bits per heavy atom. The average molecular weight is 408 g/mol. The van der Waals surface area contributed by atoms with Crippen molar-refractivity contribution in [3.63, 3.8) is 0 Å². The van der Waals surface area contributed by atoms with Gasteiger partial charge < -0.3 is 5.32 Å². The minimum absolute atomic E-state index is 0.0376. The van der Waals surface area contributed by atoms with Crippen LogP contribution in [0.5, 0.6) is 0 Å². The first-order valence-electron chi connectivity index (χ1n) is 10.3. The van der Waals surface area contributed by atoms with Gasteiger partial charge in [0.1, 0.15) is 0 Å². The highest BCUT2D eigenvalue weighted by Gasteiger charge is 2.46. The van der Waals surface area contributed by atoms with E-state index in [0.29, 0.717) is 5.01 Å². The van der Waals surface area contributed by atoms with E-state index in [4.69, 9.17) is 0 Å². The first kappa shape index (κ1) is 23.0. The van der Waals surface area contributed by atoms with Crippen LogP contribution in [0, 0.1) is 16.7 Å². The molecule has 4 amide bonds. The van der Waals surface area contributed by atoms with Gasteiger partial charge in [0, 0.05) is 12.3 Å². The molecule has 1 atom stereocenters. The topological polar surface area (TPSA) is 113 Å². The summed E-state index contributed by atoms with van der Waals surface area (Å²) in [7, 11) is 0. The van der Waals surface area contributed by atoms with Crippen molar-refractivity contribution < 1.29 is 24.0 Å². The number of ketones is 1. The van der Waals surface area contributed by atoms with Gasteiger partial charge in [-0.15, -0.1) is 0 Å². The predicted molar refractivity (Wildman–Crippen MR) is 106 cm³/mol. The molecule has 1 aliphatic carbocycles. The van der Waals surface area contributed by atoms with Gasteiger partial charge in [0.2, 0.25) is 17.6 Å². The standard InChI is InChI=1S/C21H33N3O5/c1-20(2,3)11-14(22-17(27)13-9-7-6-8-10-13)16(26)18(28)23-24-15(25)12-21(4,5)19(24)29/h13-14H,6-12H2,1-5H3,(H,22,27)(H,23,28). The molecule has 2 aliphatic rings. The average Bonchev–Trinajstić information content (AvgIpc) is 2.81. The van der Waals surface area contributed by atoms with Crippen LogP contribution in [0.3, 0.4) is 0 Å². The van der Waals surface area contributed by atoms with Gasteiger partial charge in [0.25, 0.3) is 5.91 Å². The number of hydrazine groups is 1. The highest BCUT2D eigenvalue weighted by Crippen LogP contribution is 2.30. The Balaban J connectivity index is 2.09. The monoisotopic (exact) mass is 407 g/mol. The number of nitrogens with zero attached hydrogens (tertiary/aromatic N) is 1. The van der Waals surface area contributed by atoms with Gasteiger partial charge in [-0.3, -0.25) is 29.4 Å². The molecule has 1 heterocycles. The van der Waals surface area contributed by atoms with Crippen molar-refractivity contribution in [2.75, 3.05) is 0 Å².